The van der Waals surface area contributed by atoms with Gasteiger partial charge in [-0.05, 0) is 20.3 Å². The normalized spacial score (nSPS) is 12.2. The Morgan fingerprint density at radius 2 is 2.00 bits per heavy atom. The smallest absolute Gasteiger partial charge is 0.154 e. The van der Waals surface area contributed by atoms with Gasteiger partial charge >= 0.3 is 0 Å². The number of nitrogens with one attached hydrogen (secondary N) is 2. The Hall–Kier alpha value is -2.18. The van der Waals surface area contributed by atoms with Crippen molar-refractivity contribution in [2.75, 3.05) is 17.2 Å². The van der Waals surface area contributed by atoms with Crippen LogP contribution in [0.4, 0.5) is 11.6 Å². The van der Waals surface area contributed by atoms with E-state index in [1.807, 2.05) is 18.5 Å². The highest BCUT2D eigenvalue weighted by molar-refractivity contribution is 5.57. The van der Waals surface area contributed by atoms with E-state index in [1.165, 1.54) is 0 Å². The number of hydrogen-bond acceptors (Lipinski definition) is 6. The molecule has 108 valence electrons. The molecule has 0 saturated heterocycles. The van der Waals surface area contributed by atoms with Crippen LogP contribution in [0.5, 0.6) is 0 Å². The Labute approximate surface area is 118 Å². The predicted molar refractivity (Wildman–Crippen MR) is 78.6 cm³/mol. The van der Waals surface area contributed by atoms with Gasteiger partial charge in [-0.1, -0.05) is 6.92 Å². The van der Waals surface area contributed by atoms with E-state index in [1.54, 1.807) is 12.7 Å². The molecule has 0 aliphatic rings. The van der Waals surface area contributed by atoms with Crippen molar-refractivity contribution in [3.05, 3.63) is 24.0 Å². The summed E-state index contributed by atoms with van der Waals surface area (Å²) < 4.78 is 1.90. The molecule has 0 amide bonds. The van der Waals surface area contributed by atoms with Gasteiger partial charge in [0.05, 0.1) is 6.04 Å². The third-order valence-corrected chi connectivity index (χ3v) is 3.13. The quantitative estimate of drug-likeness (QED) is 0.836. The second-order valence-electron chi connectivity index (χ2n) is 4.60. The van der Waals surface area contributed by atoms with Crippen molar-refractivity contribution in [2.45, 2.75) is 33.2 Å². The maximum Gasteiger partial charge on any atom is 0.154 e. The number of aryl methyl sites for hydroxylation is 1. The summed E-state index contributed by atoms with van der Waals surface area (Å²) in [6.07, 6.45) is 4.12. The van der Waals surface area contributed by atoms with Crippen LogP contribution in [0.1, 0.15) is 38.2 Å². The van der Waals surface area contributed by atoms with Gasteiger partial charge in [0.1, 0.15) is 24.3 Å². The molecule has 1 unspecified atom stereocenters. The number of aromatic nitrogens is 5. The summed E-state index contributed by atoms with van der Waals surface area (Å²) in [6, 6.07) is 0.0252. The van der Waals surface area contributed by atoms with E-state index in [4.69, 9.17) is 0 Å². The van der Waals surface area contributed by atoms with Crippen molar-refractivity contribution in [3.8, 4) is 0 Å². The van der Waals surface area contributed by atoms with Gasteiger partial charge in [-0.2, -0.15) is 0 Å². The van der Waals surface area contributed by atoms with Crippen molar-refractivity contribution in [2.24, 2.45) is 7.05 Å². The lowest BCUT2D eigenvalue weighted by Crippen LogP contribution is -2.15. The maximum atomic E-state index is 4.35. The third kappa shape index (κ3) is 2.87. The minimum Gasteiger partial charge on any atom is -0.370 e. The van der Waals surface area contributed by atoms with Crippen molar-refractivity contribution in [3.63, 3.8) is 0 Å². The van der Waals surface area contributed by atoms with Crippen LogP contribution < -0.4 is 10.6 Å². The summed E-state index contributed by atoms with van der Waals surface area (Å²) in [5.41, 5.74) is 1.09. The van der Waals surface area contributed by atoms with Gasteiger partial charge < -0.3 is 15.2 Å². The fraction of sp³-hybridized carbons (Fsp3) is 0.538. The van der Waals surface area contributed by atoms with E-state index in [0.717, 1.165) is 36.0 Å². The average molecular weight is 275 g/mol. The van der Waals surface area contributed by atoms with E-state index >= 15 is 0 Å². The van der Waals surface area contributed by atoms with E-state index in [-0.39, 0.29) is 6.04 Å². The van der Waals surface area contributed by atoms with Gasteiger partial charge in [-0.25, -0.2) is 9.97 Å². The Kier molecular flexibility index (Phi) is 4.49. The van der Waals surface area contributed by atoms with E-state index in [2.05, 4.69) is 44.6 Å². The molecular weight excluding hydrogens is 254 g/mol. The van der Waals surface area contributed by atoms with Crippen molar-refractivity contribution >= 4 is 11.6 Å². The standard InChI is InChI=1S/C13H21N7/c1-5-10-11(14-6-2)15-7-16-12(10)18-9(3)13-19-17-8-20(13)4/h7-9H,5-6H2,1-4H3,(H2,14,15,16,18). The highest BCUT2D eigenvalue weighted by Gasteiger charge is 2.15. The maximum absolute atomic E-state index is 4.35. The van der Waals surface area contributed by atoms with Crippen LogP contribution in [-0.4, -0.2) is 31.3 Å². The zero-order valence-corrected chi connectivity index (χ0v) is 12.4. The summed E-state index contributed by atoms with van der Waals surface area (Å²) in [6.45, 7) is 7.02. The molecule has 0 aliphatic carbocycles. The number of nitrogens with zero attached hydrogens (tertiary/aromatic N) is 5. The van der Waals surface area contributed by atoms with Crippen LogP contribution in [0.15, 0.2) is 12.7 Å². The second-order valence-corrected chi connectivity index (χ2v) is 4.60. The fourth-order valence-electron chi connectivity index (χ4n) is 2.15. The van der Waals surface area contributed by atoms with Gasteiger partial charge in [-0.3, -0.25) is 0 Å². The van der Waals surface area contributed by atoms with Crippen LogP contribution in [0.3, 0.4) is 0 Å². The zero-order chi connectivity index (χ0) is 14.5. The molecule has 0 spiro atoms. The molecule has 1 atom stereocenters. The molecule has 7 heteroatoms. The lowest BCUT2D eigenvalue weighted by Gasteiger charge is -2.17. The van der Waals surface area contributed by atoms with E-state index in [0.29, 0.717) is 0 Å². The summed E-state index contributed by atoms with van der Waals surface area (Å²) in [4.78, 5) is 8.64. The van der Waals surface area contributed by atoms with E-state index in [9.17, 15) is 0 Å². The van der Waals surface area contributed by atoms with Crippen molar-refractivity contribution < 1.29 is 0 Å². The largest absolute Gasteiger partial charge is 0.370 e. The Bertz CT molecular complexity index is 564. The van der Waals surface area contributed by atoms with Crippen LogP contribution in [0.25, 0.3) is 0 Å². The lowest BCUT2D eigenvalue weighted by molar-refractivity contribution is 0.714. The van der Waals surface area contributed by atoms with Crippen molar-refractivity contribution in [1.29, 1.82) is 0 Å². The number of hydrogen-bond donors (Lipinski definition) is 2. The first-order valence-corrected chi connectivity index (χ1v) is 6.85. The predicted octanol–water partition coefficient (Wildman–Crippen LogP) is 1.77. The highest BCUT2D eigenvalue weighted by Crippen LogP contribution is 2.23. The second kappa shape index (κ2) is 6.31. The van der Waals surface area contributed by atoms with Gasteiger partial charge in [-0.15, -0.1) is 10.2 Å². The lowest BCUT2D eigenvalue weighted by atomic mass is 10.2. The molecule has 20 heavy (non-hydrogen) atoms. The van der Waals surface area contributed by atoms with Crippen LogP contribution in [-0.2, 0) is 13.5 Å². The molecule has 0 aliphatic heterocycles. The molecule has 0 saturated carbocycles. The van der Waals surface area contributed by atoms with Gasteiger partial charge in [0.2, 0.25) is 0 Å². The highest BCUT2D eigenvalue weighted by atomic mass is 15.3. The number of rotatable bonds is 6. The summed E-state index contributed by atoms with van der Waals surface area (Å²) in [5, 5.41) is 14.7. The van der Waals surface area contributed by atoms with Gasteiger partial charge in [0.25, 0.3) is 0 Å². The number of anilines is 2. The Morgan fingerprint density at radius 1 is 1.25 bits per heavy atom. The molecule has 2 rings (SSSR count). The molecule has 2 heterocycles. The van der Waals surface area contributed by atoms with Crippen molar-refractivity contribution in [1.82, 2.24) is 24.7 Å². The first-order valence-electron chi connectivity index (χ1n) is 6.85. The van der Waals surface area contributed by atoms with Gasteiger partial charge in [0.15, 0.2) is 5.82 Å². The molecule has 7 nitrogen and oxygen atoms in total. The summed E-state index contributed by atoms with van der Waals surface area (Å²) in [7, 11) is 1.93. The topological polar surface area (TPSA) is 80.6 Å². The minimum absolute atomic E-state index is 0.0252. The molecule has 0 radical (unpaired) electrons. The summed E-state index contributed by atoms with van der Waals surface area (Å²) >= 11 is 0. The molecular formula is C13H21N7. The Balaban J connectivity index is 2.25. The zero-order valence-electron chi connectivity index (χ0n) is 12.4. The van der Waals surface area contributed by atoms with Gasteiger partial charge in [0, 0.05) is 19.2 Å². The summed E-state index contributed by atoms with van der Waals surface area (Å²) in [5.74, 6) is 2.60. The monoisotopic (exact) mass is 275 g/mol. The van der Waals surface area contributed by atoms with Crippen LogP contribution in [0, 0.1) is 0 Å². The minimum atomic E-state index is 0.0252. The van der Waals surface area contributed by atoms with E-state index < -0.39 is 0 Å². The fourth-order valence-corrected chi connectivity index (χ4v) is 2.15. The molecule has 2 aromatic heterocycles. The molecule has 2 N–H and O–H groups in total. The molecule has 0 aromatic carbocycles. The molecule has 0 bridgehead atoms. The molecule has 2 aromatic rings. The SMILES string of the molecule is CCNc1ncnc(NC(C)c2nncn2C)c1CC. The Morgan fingerprint density at radius 3 is 2.60 bits per heavy atom. The van der Waals surface area contributed by atoms with Crippen LogP contribution in [0.2, 0.25) is 0 Å². The third-order valence-electron chi connectivity index (χ3n) is 3.13. The first kappa shape index (κ1) is 14.2. The first-order chi connectivity index (χ1) is 9.67. The van der Waals surface area contributed by atoms with Crippen LogP contribution >= 0.6 is 0 Å². The molecule has 0 fully saturated rings. The average Bonchev–Trinajstić information content (AvgIpc) is 2.86.